The molecule has 0 bridgehead atoms. The largest absolute Gasteiger partial charge is 0.493 e. The van der Waals surface area contributed by atoms with Gasteiger partial charge in [-0.05, 0) is 32.2 Å². The first-order valence-electron chi connectivity index (χ1n) is 9.33. The zero-order valence-corrected chi connectivity index (χ0v) is 17.1. The Hall–Kier alpha value is -2.55. The number of carbonyl (C=O) groups excluding carboxylic acids is 1. The van der Waals surface area contributed by atoms with E-state index < -0.39 is 16.5 Å². The van der Waals surface area contributed by atoms with Gasteiger partial charge in [0.1, 0.15) is 5.56 Å². The smallest absolute Gasteiger partial charge is 0.327 e. The predicted octanol–water partition coefficient (Wildman–Crippen LogP) is 2.47. The fourth-order valence-electron chi connectivity index (χ4n) is 3.59. The molecule has 0 aliphatic carbocycles. The molecule has 2 rings (SSSR count). The van der Waals surface area contributed by atoms with Crippen LogP contribution in [0.15, 0.2) is 6.07 Å². The number of benzene rings is 1. The molecule has 28 heavy (non-hydrogen) atoms. The number of hydrogen-bond donors (Lipinski definition) is 1. The van der Waals surface area contributed by atoms with Gasteiger partial charge in [-0.1, -0.05) is 6.92 Å². The molecule has 0 spiro atoms. The van der Waals surface area contributed by atoms with Crippen molar-refractivity contribution < 1.29 is 23.9 Å². The van der Waals surface area contributed by atoms with Crippen molar-refractivity contribution in [2.75, 3.05) is 41.0 Å². The Morgan fingerprint density at radius 1 is 1.32 bits per heavy atom. The maximum absolute atomic E-state index is 12.8. The lowest BCUT2D eigenvalue weighted by Crippen LogP contribution is -2.46. The SMILES string of the molecule is COc1cc(C(=O)NC[C@H](C)N2CCC[C@H](C)C2)c([N+](=O)[O-])c(OC)c1OC. The van der Waals surface area contributed by atoms with Crippen molar-refractivity contribution in [3.8, 4) is 17.2 Å². The van der Waals surface area contributed by atoms with Crippen molar-refractivity contribution in [3.63, 3.8) is 0 Å². The number of amides is 1. The van der Waals surface area contributed by atoms with E-state index in [2.05, 4.69) is 17.1 Å². The second-order valence-corrected chi connectivity index (χ2v) is 7.10. The molecule has 1 amide bonds. The van der Waals surface area contributed by atoms with E-state index in [1.165, 1.54) is 33.8 Å². The molecular weight excluding hydrogens is 366 g/mol. The Labute approximate surface area is 165 Å². The first-order chi connectivity index (χ1) is 13.3. The van der Waals surface area contributed by atoms with Gasteiger partial charge in [-0.25, -0.2) is 0 Å². The number of piperidine rings is 1. The molecule has 0 unspecified atom stereocenters. The van der Waals surface area contributed by atoms with Crippen LogP contribution in [-0.4, -0.2) is 62.7 Å². The highest BCUT2D eigenvalue weighted by Crippen LogP contribution is 2.46. The summed E-state index contributed by atoms with van der Waals surface area (Å²) >= 11 is 0. The highest BCUT2D eigenvalue weighted by molar-refractivity contribution is 6.00. The van der Waals surface area contributed by atoms with Crippen molar-refractivity contribution in [2.24, 2.45) is 5.92 Å². The van der Waals surface area contributed by atoms with E-state index in [9.17, 15) is 14.9 Å². The minimum absolute atomic E-state index is 0.0731. The monoisotopic (exact) mass is 395 g/mol. The molecule has 1 aromatic carbocycles. The van der Waals surface area contributed by atoms with Crippen molar-refractivity contribution >= 4 is 11.6 Å². The lowest BCUT2D eigenvalue weighted by Gasteiger charge is -2.35. The van der Waals surface area contributed by atoms with Crippen LogP contribution in [0.4, 0.5) is 5.69 Å². The van der Waals surface area contributed by atoms with E-state index in [-0.39, 0.29) is 28.9 Å². The van der Waals surface area contributed by atoms with E-state index in [0.717, 1.165) is 19.5 Å². The van der Waals surface area contributed by atoms with Gasteiger partial charge in [-0.3, -0.25) is 19.8 Å². The zero-order chi connectivity index (χ0) is 20.8. The van der Waals surface area contributed by atoms with Gasteiger partial charge in [0, 0.05) is 25.2 Å². The third-order valence-electron chi connectivity index (χ3n) is 5.10. The van der Waals surface area contributed by atoms with Gasteiger partial charge in [0.15, 0.2) is 5.75 Å². The van der Waals surface area contributed by atoms with Gasteiger partial charge in [-0.15, -0.1) is 0 Å². The Balaban J connectivity index is 2.25. The van der Waals surface area contributed by atoms with Crippen LogP contribution in [0.25, 0.3) is 0 Å². The highest BCUT2D eigenvalue weighted by Gasteiger charge is 2.32. The number of nitro benzene ring substituents is 1. The Bertz CT molecular complexity index is 724. The van der Waals surface area contributed by atoms with Crippen molar-refractivity contribution in [2.45, 2.75) is 32.7 Å². The average molecular weight is 395 g/mol. The molecule has 1 N–H and O–H groups in total. The second kappa shape index (κ2) is 9.59. The van der Waals surface area contributed by atoms with E-state index in [0.29, 0.717) is 12.5 Å². The molecule has 1 aliphatic rings. The first kappa shape index (κ1) is 21.7. The number of likely N-dealkylation sites (tertiary alicyclic amines) is 1. The van der Waals surface area contributed by atoms with Gasteiger partial charge >= 0.3 is 5.69 Å². The minimum atomic E-state index is -0.647. The summed E-state index contributed by atoms with van der Waals surface area (Å²) in [7, 11) is 4.03. The van der Waals surface area contributed by atoms with Crippen LogP contribution in [0.2, 0.25) is 0 Å². The fourth-order valence-corrected chi connectivity index (χ4v) is 3.59. The fraction of sp³-hybridized carbons (Fsp3) is 0.632. The van der Waals surface area contributed by atoms with Gasteiger partial charge < -0.3 is 19.5 Å². The third kappa shape index (κ3) is 4.64. The lowest BCUT2D eigenvalue weighted by molar-refractivity contribution is -0.386. The summed E-state index contributed by atoms with van der Waals surface area (Å²) in [6, 6.07) is 1.44. The molecule has 1 aliphatic heterocycles. The first-order valence-corrected chi connectivity index (χ1v) is 9.33. The summed E-state index contributed by atoms with van der Waals surface area (Å²) < 4.78 is 15.6. The third-order valence-corrected chi connectivity index (χ3v) is 5.10. The van der Waals surface area contributed by atoms with Crippen LogP contribution in [0.1, 0.15) is 37.0 Å². The number of rotatable bonds is 8. The van der Waals surface area contributed by atoms with Crippen LogP contribution in [0.5, 0.6) is 17.2 Å². The maximum atomic E-state index is 12.8. The molecule has 156 valence electrons. The lowest BCUT2D eigenvalue weighted by atomic mass is 9.99. The van der Waals surface area contributed by atoms with Gasteiger partial charge in [-0.2, -0.15) is 0 Å². The molecule has 9 heteroatoms. The molecule has 1 fully saturated rings. The molecule has 0 aromatic heterocycles. The summed E-state index contributed by atoms with van der Waals surface area (Å²) in [5.41, 5.74) is -0.574. The number of carbonyl (C=O) groups is 1. The number of hydrogen-bond acceptors (Lipinski definition) is 7. The van der Waals surface area contributed by atoms with Crippen molar-refractivity contribution in [3.05, 3.63) is 21.7 Å². The highest BCUT2D eigenvalue weighted by atomic mass is 16.6. The Kier molecular flexibility index (Phi) is 7.45. The van der Waals surface area contributed by atoms with Gasteiger partial charge in [0.2, 0.25) is 11.5 Å². The molecular formula is C19H29N3O6. The van der Waals surface area contributed by atoms with Crippen molar-refractivity contribution in [1.82, 2.24) is 10.2 Å². The molecule has 1 saturated heterocycles. The number of nitro groups is 1. The normalized spacial score (nSPS) is 18.2. The van der Waals surface area contributed by atoms with E-state index in [1.54, 1.807) is 0 Å². The number of methoxy groups -OCH3 is 3. The minimum Gasteiger partial charge on any atom is -0.493 e. The quantitative estimate of drug-likeness (QED) is 0.533. The molecule has 0 saturated carbocycles. The average Bonchev–Trinajstić information content (AvgIpc) is 2.69. The standard InChI is InChI=1S/C19H29N3O6/c1-12-7-6-8-21(11-12)13(2)10-20-19(23)14-9-15(26-3)17(27-4)18(28-5)16(14)22(24)25/h9,12-13H,6-8,10-11H2,1-5H3,(H,20,23)/t12-,13-/m0/s1. The van der Waals surface area contributed by atoms with E-state index in [4.69, 9.17) is 14.2 Å². The number of nitrogens with zero attached hydrogens (tertiary/aromatic N) is 2. The van der Waals surface area contributed by atoms with Crippen LogP contribution >= 0.6 is 0 Å². The Morgan fingerprint density at radius 2 is 2.00 bits per heavy atom. The van der Waals surface area contributed by atoms with Gasteiger partial charge in [0.05, 0.1) is 26.3 Å². The second-order valence-electron chi connectivity index (χ2n) is 7.10. The van der Waals surface area contributed by atoms with Crippen molar-refractivity contribution in [1.29, 1.82) is 0 Å². The van der Waals surface area contributed by atoms with Crippen LogP contribution in [-0.2, 0) is 0 Å². The summed E-state index contributed by atoms with van der Waals surface area (Å²) in [6.45, 7) is 6.63. The van der Waals surface area contributed by atoms with Crippen LogP contribution in [0, 0.1) is 16.0 Å². The molecule has 9 nitrogen and oxygen atoms in total. The predicted molar refractivity (Wildman–Crippen MR) is 105 cm³/mol. The molecule has 1 heterocycles. The molecule has 1 aromatic rings. The van der Waals surface area contributed by atoms with Crippen LogP contribution < -0.4 is 19.5 Å². The van der Waals surface area contributed by atoms with Crippen LogP contribution in [0.3, 0.4) is 0 Å². The van der Waals surface area contributed by atoms with E-state index in [1.807, 2.05) is 6.92 Å². The number of nitrogens with one attached hydrogen (secondary N) is 1. The Morgan fingerprint density at radius 3 is 2.54 bits per heavy atom. The topological polar surface area (TPSA) is 103 Å². The summed E-state index contributed by atoms with van der Waals surface area (Å²) in [4.78, 5) is 26.1. The number of ether oxygens (including phenoxy) is 3. The van der Waals surface area contributed by atoms with Gasteiger partial charge in [0.25, 0.3) is 5.91 Å². The summed E-state index contributed by atoms with van der Waals surface area (Å²) in [5, 5.41) is 14.4. The zero-order valence-electron chi connectivity index (χ0n) is 17.1. The summed E-state index contributed by atoms with van der Waals surface area (Å²) in [6.07, 6.45) is 2.35. The van der Waals surface area contributed by atoms with E-state index >= 15 is 0 Å². The maximum Gasteiger partial charge on any atom is 0.327 e. The molecule has 0 radical (unpaired) electrons. The molecule has 2 atom stereocenters. The summed E-state index contributed by atoms with van der Waals surface area (Å²) in [5.74, 6) is 0.192.